The summed E-state index contributed by atoms with van der Waals surface area (Å²) in [5.41, 5.74) is 20.7. The second-order valence-electron chi connectivity index (χ2n) is 19.9. The van der Waals surface area contributed by atoms with Crippen molar-refractivity contribution in [1.82, 2.24) is 18.3 Å². The SMILES string of the molecule is Cc1c(-c2ccc(C#N)cc2)c(-n2c3ccccc3c3ccc4c(c5ccccc5n4-c4ccccc4)c32)c(C)c(-n2c3ccccc3c3ccc4c(c5ccccc5n4-c4ccccc4)c32)c1-c1ccc(C#N)cc1. The van der Waals surface area contributed by atoms with Gasteiger partial charge >= 0.3 is 0 Å². The average Bonchev–Trinajstić information content (AvgIpc) is 4.40. The molecule has 6 heteroatoms. The van der Waals surface area contributed by atoms with Crippen LogP contribution in [0.5, 0.6) is 0 Å². The molecule has 76 heavy (non-hydrogen) atoms. The van der Waals surface area contributed by atoms with Gasteiger partial charge in [-0.2, -0.15) is 10.5 Å². The molecule has 15 rings (SSSR count). The van der Waals surface area contributed by atoms with Gasteiger partial charge in [-0.1, -0.05) is 146 Å². The van der Waals surface area contributed by atoms with Crippen LogP contribution in [-0.4, -0.2) is 18.3 Å². The van der Waals surface area contributed by atoms with E-state index in [2.05, 4.69) is 251 Å². The molecule has 0 aliphatic rings. The van der Waals surface area contributed by atoms with Crippen molar-refractivity contribution in [2.75, 3.05) is 0 Å². The molecule has 0 radical (unpaired) electrons. The first-order valence-corrected chi connectivity index (χ1v) is 25.7. The monoisotopic (exact) mass is 968 g/mol. The van der Waals surface area contributed by atoms with Gasteiger partial charge < -0.3 is 18.3 Å². The number of hydrogen-bond acceptors (Lipinski definition) is 2. The van der Waals surface area contributed by atoms with Crippen LogP contribution in [0.2, 0.25) is 0 Å². The topological polar surface area (TPSA) is 67.3 Å². The molecule has 0 amide bonds. The third-order valence-corrected chi connectivity index (χ3v) is 16.0. The van der Waals surface area contributed by atoms with Crippen LogP contribution in [-0.2, 0) is 0 Å². The van der Waals surface area contributed by atoms with Gasteiger partial charge in [0.2, 0.25) is 0 Å². The van der Waals surface area contributed by atoms with Crippen LogP contribution in [0, 0.1) is 36.5 Å². The number of nitriles is 2. The van der Waals surface area contributed by atoms with Crippen molar-refractivity contribution in [2.24, 2.45) is 0 Å². The molecule has 0 saturated heterocycles. The fraction of sp³-hybridized carbons (Fsp3) is 0.0286. The zero-order valence-electron chi connectivity index (χ0n) is 41.6. The largest absolute Gasteiger partial charge is 0.309 e. The Balaban J connectivity index is 1.20. The van der Waals surface area contributed by atoms with Gasteiger partial charge in [-0.15, -0.1) is 0 Å². The Kier molecular flexibility index (Phi) is 9.42. The molecule has 0 aliphatic carbocycles. The summed E-state index contributed by atoms with van der Waals surface area (Å²) in [6.45, 7) is 4.58. The maximum absolute atomic E-state index is 10.2. The van der Waals surface area contributed by atoms with E-state index in [0.717, 1.165) is 122 Å². The average molecular weight is 969 g/mol. The first-order valence-electron chi connectivity index (χ1n) is 25.7. The number of fused-ring (bicyclic) bond motifs is 14. The minimum Gasteiger partial charge on any atom is -0.309 e. The van der Waals surface area contributed by atoms with Crippen LogP contribution in [0.3, 0.4) is 0 Å². The normalized spacial score (nSPS) is 11.8. The van der Waals surface area contributed by atoms with Gasteiger partial charge in [0, 0.05) is 65.6 Å². The molecule has 0 bridgehead atoms. The predicted octanol–water partition coefficient (Wildman–Crippen LogP) is 17.8. The zero-order valence-corrected chi connectivity index (χ0v) is 41.6. The van der Waals surface area contributed by atoms with Crippen LogP contribution >= 0.6 is 0 Å². The van der Waals surface area contributed by atoms with Crippen molar-refractivity contribution in [1.29, 1.82) is 10.5 Å². The lowest BCUT2D eigenvalue weighted by Crippen LogP contribution is -2.10. The van der Waals surface area contributed by atoms with Crippen LogP contribution < -0.4 is 0 Å². The van der Waals surface area contributed by atoms with Gasteiger partial charge in [0.1, 0.15) is 0 Å². The van der Waals surface area contributed by atoms with Crippen molar-refractivity contribution in [3.8, 4) is 57.1 Å². The Labute approximate surface area is 437 Å². The summed E-state index contributed by atoms with van der Waals surface area (Å²) in [6, 6.07) is 86.8. The van der Waals surface area contributed by atoms with Gasteiger partial charge in [0.05, 0.1) is 78.8 Å². The van der Waals surface area contributed by atoms with E-state index in [4.69, 9.17) is 0 Å². The molecule has 0 unspecified atom stereocenters. The quantitative estimate of drug-likeness (QED) is 0.167. The maximum Gasteiger partial charge on any atom is 0.0991 e. The third-order valence-electron chi connectivity index (χ3n) is 16.0. The lowest BCUT2D eigenvalue weighted by molar-refractivity contribution is 1.09. The van der Waals surface area contributed by atoms with Crippen LogP contribution in [0.1, 0.15) is 22.3 Å². The molecule has 0 N–H and O–H groups in total. The summed E-state index contributed by atoms with van der Waals surface area (Å²) in [7, 11) is 0. The lowest BCUT2D eigenvalue weighted by Gasteiger charge is -2.27. The second-order valence-corrected chi connectivity index (χ2v) is 19.9. The van der Waals surface area contributed by atoms with E-state index in [0.29, 0.717) is 11.1 Å². The summed E-state index contributed by atoms with van der Waals surface area (Å²) >= 11 is 0. The van der Waals surface area contributed by atoms with Crippen LogP contribution in [0.4, 0.5) is 0 Å². The molecular formula is C70H44N6. The summed E-state index contributed by atoms with van der Waals surface area (Å²) in [5.74, 6) is 0. The van der Waals surface area contributed by atoms with Crippen molar-refractivity contribution >= 4 is 87.2 Å². The molecule has 15 aromatic rings. The third kappa shape index (κ3) is 6.01. The fourth-order valence-corrected chi connectivity index (χ4v) is 12.8. The van der Waals surface area contributed by atoms with Gasteiger partial charge in [-0.25, -0.2) is 0 Å². The summed E-state index contributed by atoms with van der Waals surface area (Å²) in [5, 5.41) is 29.7. The Morgan fingerprint density at radius 1 is 0.289 bits per heavy atom. The number of rotatable bonds is 6. The first-order chi connectivity index (χ1) is 37.5. The molecule has 0 aliphatic heterocycles. The molecule has 0 saturated carbocycles. The molecule has 11 aromatic carbocycles. The Bertz CT molecular complexity index is 4680. The van der Waals surface area contributed by atoms with Gasteiger partial charge in [0.25, 0.3) is 0 Å². The fourth-order valence-electron chi connectivity index (χ4n) is 12.8. The summed E-state index contributed by atoms with van der Waals surface area (Å²) in [6.07, 6.45) is 0. The highest BCUT2D eigenvalue weighted by molar-refractivity contribution is 6.28. The highest BCUT2D eigenvalue weighted by atomic mass is 15.1. The Morgan fingerprint density at radius 3 is 1.01 bits per heavy atom. The van der Waals surface area contributed by atoms with Crippen LogP contribution in [0.25, 0.3) is 132 Å². The number of para-hydroxylation sites is 6. The molecule has 0 fully saturated rings. The van der Waals surface area contributed by atoms with E-state index < -0.39 is 0 Å². The highest BCUT2D eigenvalue weighted by Gasteiger charge is 2.31. The molecule has 0 atom stereocenters. The van der Waals surface area contributed by atoms with Gasteiger partial charge in [-0.05, 0) is 121 Å². The van der Waals surface area contributed by atoms with E-state index in [-0.39, 0.29) is 0 Å². The Morgan fingerprint density at radius 2 is 0.632 bits per heavy atom. The van der Waals surface area contributed by atoms with E-state index >= 15 is 0 Å². The zero-order chi connectivity index (χ0) is 50.8. The molecule has 354 valence electrons. The highest BCUT2D eigenvalue weighted by Crippen LogP contribution is 2.51. The number of hydrogen-bond donors (Lipinski definition) is 0. The van der Waals surface area contributed by atoms with E-state index in [1.54, 1.807) is 0 Å². The molecule has 4 aromatic heterocycles. The van der Waals surface area contributed by atoms with Crippen LogP contribution in [0.15, 0.2) is 231 Å². The minimum absolute atomic E-state index is 0.597. The van der Waals surface area contributed by atoms with Crippen molar-refractivity contribution in [3.05, 3.63) is 253 Å². The lowest BCUT2D eigenvalue weighted by atomic mass is 9.86. The van der Waals surface area contributed by atoms with Crippen molar-refractivity contribution in [2.45, 2.75) is 13.8 Å². The minimum atomic E-state index is 0.597. The molecule has 6 nitrogen and oxygen atoms in total. The predicted molar refractivity (Wildman–Crippen MR) is 314 cm³/mol. The maximum atomic E-state index is 10.2. The van der Waals surface area contributed by atoms with Gasteiger partial charge in [-0.3, -0.25) is 0 Å². The smallest absolute Gasteiger partial charge is 0.0991 e. The van der Waals surface area contributed by atoms with E-state index in [1.807, 2.05) is 24.3 Å². The molecular weight excluding hydrogens is 925 g/mol. The number of nitrogens with zero attached hydrogens (tertiary/aromatic N) is 6. The standard InChI is InChI=1S/C70H44N6/c1-43-63(47-33-29-45(41-71)30-34-47)67(75-57-25-13-9-21-51(57)53-37-39-61-65(69(53)75)55-23-11-15-27-59(55)73(61)49-17-5-3-6-18-49)44(2)68(64(43)48-35-31-46(42-72)32-36-48)76-58-26-14-10-22-52(58)54-38-40-62-66(70(54)76)56-24-12-16-28-60(56)74(62)50-19-7-4-8-20-50/h3-40H,1-2H3. The number of benzene rings is 11. The van der Waals surface area contributed by atoms with E-state index in [9.17, 15) is 10.5 Å². The first kappa shape index (κ1) is 43.2. The van der Waals surface area contributed by atoms with E-state index in [1.165, 1.54) is 21.5 Å². The molecule has 0 spiro atoms. The van der Waals surface area contributed by atoms with Crippen molar-refractivity contribution in [3.63, 3.8) is 0 Å². The van der Waals surface area contributed by atoms with Gasteiger partial charge in [0.15, 0.2) is 0 Å². The molecule has 4 heterocycles. The summed E-state index contributed by atoms with van der Waals surface area (Å²) < 4.78 is 9.92. The van der Waals surface area contributed by atoms with Crippen molar-refractivity contribution < 1.29 is 0 Å². The number of aromatic nitrogens is 4. The summed E-state index contributed by atoms with van der Waals surface area (Å²) in [4.78, 5) is 0. The second kappa shape index (κ2) is 16.6. The Hall–Kier alpha value is -10.4.